The molecule has 1 aromatic heterocycles. The molecule has 192 valence electrons. The molecule has 1 fully saturated rings. The molecule has 3 aromatic carbocycles. The first-order valence-corrected chi connectivity index (χ1v) is 14.0. The SMILES string of the molecule is Cc1ccc(C(=O)[C@H]2[C@H](C(=O)c3cccs3)N3c4ccc(Cl)cc4C=C[C@@H]3[C@]23C(=O)Nc2ccccc23)cc1. The Kier molecular flexibility index (Phi) is 5.41. The maximum Gasteiger partial charge on any atom is 0.238 e. The van der Waals surface area contributed by atoms with Crippen LogP contribution in [0.2, 0.25) is 5.02 Å². The highest BCUT2D eigenvalue weighted by atomic mass is 35.5. The predicted octanol–water partition coefficient (Wildman–Crippen LogP) is 6.57. The van der Waals surface area contributed by atoms with Gasteiger partial charge in [0.2, 0.25) is 5.91 Å². The van der Waals surface area contributed by atoms with E-state index >= 15 is 0 Å². The minimum absolute atomic E-state index is 0.175. The Morgan fingerprint density at radius 2 is 1.77 bits per heavy atom. The van der Waals surface area contributed by atoms with Crippen LogP contribution in [0.4, 0.5) is 11.4 Å². The number of Topliss-reactive ketones (excluding diaryl/α,β-unsaturated/α-hetero) is 2. The van der Waals surface area contributed by atoms with E-state index in [1.807, 2.05) is 84.0 Å². The largest absolute Gasteiger partial charge is 0.352 e. The van der Waals surface area contributed by atoms with Gasteiger partial charge in [0, 0.05) is 22.0 Å². The van der Waals surface area contributed by atoms with Crippen molar-refractivity contribution in [3.8, 4) is 0 Å². The van der Waals surface area contributed by atoms with Crippen molar-refractivity contribution >= 4 is 57.9 Å². The van der Waals surface area contributed by atoms with Gasteiger partial charge in [0.25, 0.3) is 0 Å². The smallest absolute Gasteiger partial charge is 0.238 e. The molecule has 1 N–H and O–H groups in total. The molecule has 1 spiro atoms. The molecule has 5 nitrogen and oxygen atoms in total. The maximum atomic E-state index is 14.7. The fraction of sp³-hybridized carbons (Fsp3) is 0.156. The summed E-state index contributed by atoms with van der Waals surface area (Å²) in [6.45, 7) is 1.96. The first-order valence-electron chi connectivity index (χ1n) is 12.8. The summed E-state index contributed by atoms with van der Waals surface area (Å²) < 4.78 is 0. The molecular formula is C32H23ClN2O3S. The molecule has 7 rings (SSSR count). The third-order valence-electron chi connectivity index (χ3n) is 8.25. The number of halogens is 1. The summed E-state index contributed by atoms with van der Waals surface area (Å²) in [5, 5.41) is 5.48. The van der Waals surface area contributed by atoms with Gasteiger partial charge in [0.1, 0.15) is 11.5 Å². The Hall–Kier alpha value is -4.00. The second-order valence-electron chi connectivity index (χ2n) is 10.3. The number of benzene rings is 3. The molecule has 7 heteroatoms. The van der Waals surface area contributed by atoms with Gasteiger partial charge in [-0.3, -0.25) is 14.4 Å². The highest BCUT2D eigenvalue weighted by molar-refractivity contribution is 7.12. The van der Waals surface area contributed by atoms with Gasteiger partial charge in [0.05, 0.1) is 16.8 Å². The minimum Gasteiger partial charge on any atom is -0.352 e. The molecule has 4 aromatic rings. The van der Waals surface area contributed by atoms with Gasteiger partial charge in [-0.25, -0.2) is 0 Å². The lowest BCUT2D eigenvalue weighted by Crippen LogP contribution is -2.51. The number of anilines is 2. The third-order valence-corrected chi connectivity index (χ3v) is 9.37. The number of thiophene rings is 1. The Labute approximate surface area is 234 Å². The van der Waals surface area contributed by atoms with Crippen molar-refractivity contribution in [2.24, 2.45) is 5.92 Å². The van der Waals surface area contributed by atoms with Crippen LogP contribution < -0.4 is 10.2 Å². The number of hydrogen-bond acceptors (Lipinski definition) is 5. The average Bonchev–Trinajstić information content (AvgIpc) is 3.65. The van der Waals surface area contributed by atoms with Crippen LogP contribution in [0.25, 0.3) is 6.08 Å². The summed E-state index contributed by atoms with van der Waals surface area (Å²) in [6.07, 6.45) is 3.90. The van der Waals surface area contributed by atoms with E-state index in [2.05, 4.69) is 5.32 Å². The van der Waals surface area contributed by atoms with E-state index in [4.69, 9.17) is 11.6 Å². The van der Waals surface area contributed by atoms with Crippen LogP contribution in [-0.4, -0.2) is 29.6 Å². The van der Waals surface area contributed by atoms with Gasteiger partial charge in [-0.2, -0.15) is 0 Å². The lowest BCUT2D eigenvalue weighted by Gasteiger charge is -2.37. The Bertz CT molecular complexity index is 1690. The Morgan fingerprint density at radius 1 is 0.974 bits per heavy atom. The van der Waals surface area contributed by atoms with Crippen LogP contribution in [0.1, 0.15) is 36.7 Å². The summed E-state index contributed by atoms with van der Waals surface area (Å²) in [5.41, 5.74) is 3.21. The highest BCUT2D eigenvalue weighted by Gasteiger charge is 2.70. The second kappa shape index (κ2) is 8.76. The fourth-order valence-electron chi connectivity index (χ4n) is 6.61. The molecular weight excluding hydrogens is 528 g/mol. The van der Waals surface area contributed by atoms with Crippen molar-refractivity contribution in [3.63, 3.8) is 0 Å². The lowest BCUT2D eigenvalue weighted by molar-refractivity contribution is -0.121. The zero-order valence-electron chi connectivity index (χ0n) is 20.9. The maximum absolute atomic E-state index is 14.7. The summed E-state index contributed by atoms with van der Waals surface area (Å²) in [7, 11) is 0. The predicted molar refractivity (Wildman–Crippen MR) is 155 cm³/mol. The molecule has 39 heavy (non-hydrogen) atoms. The Balaban J connectivity index is 1.54. The molecule has 4 atom stereocenters. The minimum atomic E-state index is -1.32. The summed E-state index contributed by atoms with van der Waals surface area (Å²) in [4.78, 5) is 45.9. The number of fused-ring (bicyclic) bond motifs is 6. The van der Waals surface area contributed by atoms with E-state index in [1.54, 1.807) is 24.3 Å². The quantitative estimate of drug-likeness (QED) is 0.292. The van der Waals surface area contributed by atoms with E-state index in [9.17, 15) is 14.4 Å². The van der Waals surface area contributed by atoms with Gasteiger partial charge in [-0.15, -0.1) is 11.3 Å². The van der Waals surface area contributed by atoms with Crippen LogP contribution in [0.15, 0.2) is 90.3 Å². The molecule has 3 aliphatic rings. The summed E-state index contributed by atoms with van der Waals surface area (Å²) >= 11 is 7.69. The molecule has 1 saturated heterocycles. The molecule has 0 bridgehead atoms. The van der Waals surface area contributed by atoms with Crippen molar-refractivity contribution in [1.29, 1.82) is 0 Å². The number of carbonyl (C=O) groups excluding carboxylic acids is 3. The summed E-state index contributed by atoms with van der Waals surface area (Å²) in [6, 6.07) is 22.5. The van der Waals surface area contributed by atoms with E-state index < -0.39 is 23.4 Å². The number of carbonyl (C=O) groups is 3. The van der Waals surface area contributed by atoms with Crippen molar-refractivity contribution in [1.82, 2.24) is 0 Å². The lowest BCUT2D eigenvalue weighted by atomic mass is 9.64. The summed E-state index contributed by atoms with van der Waals surface area (Å²) in [5.74, 6) is -1.65. The molecule has 3 aliphatic heterocycles. The molecule has 0 saturated carbocycles. The molecule has 4 heterocycles. The number of hydrogen-bond donors (Lipinski definition) is 1. The van der Waals surface area contributed by atoms with Gasteiger partial charge in [-0.1, -0.05) is 77.8 Å². The molecule has 0 radical (unpaired) electrons. The van der Waals surface area contributed by atoms with E-state index in [0.29, 0.717) is 21.2 Å². The average molecular weight is 551 g/mol. The number of aryl methyl sites for hydroxylation is 1. The zero-order chi connectivity index (χ0) is 26.9. The van der Waals surface area contributed by atoms with Crippen LogP contribution in [-0.2, 0) is 10.2 Å². The highest BCUT2D eigenvalue weighted by Crippen LogP contribution is 2.58. The van der Waals surface area contributed by atoms with Crippen LogP contribution >= 0.6 is 22.9 Å². The fourth-order valence-corrected chi connectivity index (χ4v) is 7.49. The monoisotopic (exact) mass is 550 g/mol. The molecule has 0 unspecified atom stereocenters. The van der Waals surface area contributed by atoms with E-state index in [-0.39, 0.29) is 17.5 Å². The zero-order valence-corrected chi connectivity index (χ0v) is 22.5. The van der Waals surface area contributed by atoms with Gasteiger partial charge in [-0.05, 0) is 53.8 Å². The van der Waals surface area contributed by atoms with E-state index in [1.165, 1.54) is 11.3 Å². The van der Waals surface area contributed by atoms with Gasteiger partial charge < -0.3 is 10.2 Å². The normalized spacial score (nSPS) is 24.3. The number of amides is 1. The van der Waals surface area contributed by atoms with Crippen LogP contribution in [0.5, 0.6) is 0 Å². The van der Waals surface area contributed by atoms with Gasteiger partial charge >= 0.3 is 0 Å². The molecule has 0 aliphatic carbocycles. The number of nitrogens with zero attached hydrogens (tertiary/aromatic N) is 1. The standard InChI is InChI=1S/C32H23ClN2O3S/c1-18-8-10-19(11-9-18)29(36)27-28(30(37)25-7-4-16-39-25)35-24-14-13-21(33)17-20(24)12-15-26(35)32(27)22-5-2-3-6-23(22)34-31(32)38/h2-17,26-28H,1H3,(H,34,38)/t26-,27-,28-,32+/m1/s1. The van der Waals surface area contributed by atoms with Crippen molar-refractivity contribution in [2.75, 3.05) is 10.2 Å². The topological polar surface area (TPSA) is 66.5 Å². The first-order chi connectivity index (χ1) is 18.9. The molecule has 1 amide bonds. The third kappa shape index (κ3) is 3.35. The van der Waals surface area contributed by atoms with Gasteiger partial charge in [0.15, 0.2) is 11.6 Å². The van der Waals surface area contributed by atoms with Crippen molar-refractivity contribution in [3.05, 3.63) is 122 Å². The van der Waals surface area contributed by atoms with E-state index in [0.717, 1.165) is 22.4 Å². The van der Waals surface area contributed by atoms with Crippen LogP contribution in [0.3, 0.4) is 0 Å². The Morgan fingerprint density at radius 3 is 2.54 bits per heavy atom. The number of rotatable bonds is 4. The second-order valence-corrected chi connectivity index (χ2v) is 11.7. The number of ketones is 2. The number of para-hydroxylation sites is 1. The van der Waals surface area contributed by atoms with Crippen LogP contribution in [0, 0.1) is 12.8 Å². The first kappa shape index (κ1) is 24.1. The van der Waals surface area contributed by atoms with Crippen molar-refractivity contribution in [2.45, 2.75) is 24.4 Å². The number of nitrogens with one attached hydrogen (secondary N) is 1. The van der Waals surface area contributed by atoms with Crippen molar-refractivity contribution < 1.29 is 14.4 Å².